The van der Waals surface area contributed by atoms with Gasteiger partial charge in [0.25, 0.3) is 0 Å². The average Bonchev–Trinajstić information content (AvgIpc) is 2.34. The maximum absolute atomic E-state index is 13.2. The molecule has 0 aromatic heterocycles. The van der Waals surface area contributed by atoms with Crippen LogP contribution in [-0.4, -0.2) is 5.78 Å². The van der Waals surface area contributed by atoms with E-state index in [0.29, 0.717) is 5.56 Å². The number of benzene rings is 2. The molecule has 17 heavy (non-hydrogen) atoms. The second-order valence-electron chi connectivity index (χ2n) is 3.55. The lowest BCUT2D eigenvalue weighted by molar-refractivity contribution is 0.103. The van der Waals surface area contributed by atoms with E-state index in [9.17, 15) is 9.18 Å². The minimum absolute atomic E-state index is 0.0611. The third-order valence-corrected chi connectivity index (χ3v) is 2.77. The van der Waals surface area contributed by atoms with Crippen LogP contribution in [0.2, 0.25) is 5.02 Å². The molecule has 0 atom stereocenters. The van der Waals surface area contributed by atoms with Crippen LogP contribution in [0.3, 0.4) is 0 Å². The van der Waals surface area contributed by atoms with Crippen molar-refractivity contribution < 1.29 is 9.18 Å². The summed E-state index contributed by atoms with van der Waals surface area (Å²) in [6.45, 7) is 0. The van der Waals surface area contributed by atoms with E-state index in [-0.39, 0.29) is 22.1 Å². The topological polar surface area (TPSA) is 43.1 Å². The molecule has 0 aliphatic heterocycles. The van der Waals surface area contributed by atoms with Crippen LogP contribution >= 0.6 is 11.6 Å². The second kappa shape index (κ2) is 4.55. The number of anilines is 1. The van der Waals surface area contributed by atoms with Gasteiger partial charge in [0, 0.05) is 11.1 Å². The lowest BCUT2D eigenvalue weighted by Gasteiger charge is -2.06. The summed E-state index contributed by atoms with van der Waals surface area (Å²) in [4.78, 5) is 12.1. The number of ketones is 1. The number of hydrogen-bond acceptors (Lipinski definition) is 2. The van der Waals surface area contributed by atoms with Crippen LogP contribution in [-0.2, 0) is 0 Å². The molecule has 0 saturated carbocycles. The van der Waals surface area contributed by atoms with Crippen LogP contribution in [0.25, 0.3) is 0 Å². The van der Waals surface area contributed by atoms with Gasteiger partial charge in [0.15, 0.2) is 5.78 Å². The van der Waals surface area contributed by atoms with E-state index in [0.717, 1.165) is 12.1 Å². The van der Waals surface area contributed by atoms with Crippen LogP contribution in [0.5, 0.6) is 0 Å². The van der Waals surface area contributed by atoms with Gasteiger partial charge in [-0.1, -0.05) is 41.9 Å². The minimum Gasteiger partial charge on any atom is -0.397 e. The van der Waals surface area contributed by atoms with E-state index in [1.54, 1.807) is 30.3 Å². The first kappa shape index (κ1) is 11.6. The Morgan fingerprint density at radius 2 is 1.82 bits per heavy atom. The number of carbonyl (C=O) groups excluding carboxylic acids is 1. The van der Waals surface area contributed by atoms with E-state index >= 15 is 0 Å². The SMILES string of the molecule is Nc1cc(F)cc(C(=O)c2ccccc2)c1Cl. The van der Waals surface area contributed by atoms with E-state index < -0.39 is 5.82 Å². The number of halogens is 2. The van der Waals surface area contributed by atoms with Crippen molar-refractivity contribution in [1.82, 2.24) is 0 Å². The molecule has 0 aliphatic rings. The predicted octanol–water partition coefficient (Wildman–Crippen LogP) is 3.29. The standard InChI is InChI=1S/C13H9ClFNO/c14-12-10(6-9(15)7-11(12)16)13(17)8-4-2-1-3-5-8/h1-7H,16H2. The van der Waals surface area contributed by atoms with Crippen LogP contribution in [0, 0.1) is 5.82 Å². The lowest BCUT2D eigenvalue weighted by atomic mass is 10.0. The largest absolute Gasteiger partial charge is 0.397 e. The van der Waals surface area contributed by atoms with Crippen molar-refractivity contribution in [3.05, 3.63) is 64.4 Å². The molecular weight excluding hydrogens is 241 g/mol. The molecule has 4 heteroatoms. The quantitative estimate of drug-likeness (QED) is 0.656. The van der Waals surface area contributed by atoms with Crippen LogP contribution in [0.1, 0.15) is 15.9 Å². The van der Waals surface area contributed by atoms with Crippen molar-refractivity contribution in [3.63, 3.8) is 0 Å². The van der Waals surface area contributed by atoms with Crippen molar-refractivity contribution in [2.75, 3.05) is 5.73 Å². The van der Waals surface area contributed by atoms with E-state index in [1.165, 1.54) is 0 Å². The molecule has 0 saturated heterocycles. The Morgan fingerprint density at radius 1 is 1.18 bits per heavy atom. The third kappa shape index (κ3) is 2.29. The molecule has 2 rings (SSSR count). The fraction of sp³-hybridized carbons (Fsp3) is 0. The molecule has 0 unspecified atom stereocenters. The van der Waals surface area contributed by atoms with Gasteiger partial charge in [-0.2, -0.15) is 0 Å². The fourth-order valence-corrected chi connectivity index (χ4v) is 1.72. The Morgan fingerprint density at radius 3 is 2.47 bits per heavy atom. The summed E-state index contributed by atoms with van der Waals surface area (Å²) >= 11 is 5.90. The van der Waals surface area contributed by atoms with Gasteiger partial charge in [0.2, 0.25) is 0 Å². The highest BCUT2D eigenvalue weighted by Crippen LogP contribution is 2.26. The first-order chi connectivity index (χ1) is 8.09. The molecule has 0 amide bonds. The molecule has 0 spiro atoms. The van der Waals surface area contributed by atoms with Crippen molar-refractivity contribution in [2.45, 2.75) is 0 Å². The number of hydrogen-bond donors (Lipinski definition) is 1. The van der Waals surface area contributed by atoms with Crippen molar-refractivity contribution in [3.8, 4) is 0 Å². The molecule has 0 fully saturated rings. The lowest BCUT2D eigenvalue weighted by Crippen LogP contribution is -2.04. The van der Waals surface area contributed by atoms with Gasteiger partial charge in [-0.05, 0) is 12.1 Å². The summed E-state index contributed by atoms with van der Waals surface area (Å²) in [5.74, 6) is -0.923. The molecule has 2 aromatic rings. The average molecular weight is 250 g/mol. The highest BCUT2D eigenvalue weighted by molar-refractivity contribution is 6.37. The molecule has 0 heterocycles. The predicted molar refractivity (Wildman–Crippen MR) is 65.7 cm³/mol. The number of carbonyl (C=O) groups is 1. The molecule has 86 valence electrons. The van der Waals surface area contributed by atoms with Crippen LogP contribution in [0.15, 0.2) is 42.5 Å². The Hall–Kier alpha value is -1.87. The van der Waals surface area contributed by atoms with Gasteiger partial charge in [-0.15, -0.1) is 0 Å². The molecule has 2 N–H and O–H groups in total. The van der Waals surface area contributed by atoms with Gasteiger partial charge in [-0.25, -0.2) is 4.39 Å². The molecular formula is C13H9ClFNO. The monoisotopic (exact) mass is 249 g/mol. The first-order valence-corrected chi connectivity index (χ1v) is 5.31. The summed E-state index contributed by atoms with van der Waals surface area (Å²) in [7, 11) is 0. The number of nitrogens with two attached hydrogens (primary N) is 1. The zero-order chi connectivity index (χ0) is 12.4. The summed E-state index contributed by atoms with van der Waals surface area (Å²) in [6.07, 6.45) is 0. The van der Waals surface area contributed by atoms with E-state index in [1.807, 2.05) is 0 Å². The normalized spacial score (nSPS) is 10.2. The zero-order valence-corrected chi connectivity index (χ0v) is 9.54. The van der Waals surface area contributed by atoms with E-state index in [2.05, 4.69) is 0 Å². The van der Waals surface area contributed by atoms with E-state index in [4.69, 9.17) is 17.3 Å². The molecule has 2 nitrogen and oxygen atoms in total. The third-order valence-electron chi connectivity index (χ3n) is 2.35. The van der Waals surface area contributed by atoms with Gasteiger partial charge in [-0.3, -0.25) is 4.79 Å². The smallest absolute Gasteiger partial charge is 0.194 e. The van der Waals surface area contributed by atoms with Crippen molar-refractivity contribution in [2.24, 2.45) is 0 Å². The molecule has 0 radical (unpaired) electrons. The Kier molecular flexibility index (Phi) is 3.11. The van der Waals surface area contributed by atoms with Gasteiger partial charge >= 0.3 is 0 Å². The van der Waals surface area contributed by atoms with Crippen molar-refractivity contribution >= 4 is 23.1 Å². The maximum atomic E-state index is 13.2. The first-order valence-electron chi connectivity index (χ1n) is 4.94. The Balaban J connectivity index is 2.52. The second-order valence-corrected chi connectivity index (χ2v) is 3.93. The van der Waals surface area contributed by atoms with Gasteiger partial charge in [0.05, 0.1) is 10.7 Å². The maximum Gasteiger partial charge on any atom is 0.194 e. The fourth-order valence-electron chi connectivity index (χ4n) is 1.52. The van der Waals surface area contributed by atoms with Crippen LogP contribution in [0.4, 0.5) is 10.1 Å². The molecule has 0 aliphatic carbocycles. The van der Waals surface area contributed by atoms with Gasteiger partial charge in [0.1, 0.15) is 5.82 Å². The zero-order valence-electron chi connectivity index (χ0n) is 8.78. The number of rotatable bonds is 2. The molecule has 0 bridgehead atoms. The highest BCUT2D eigenvalue weighted by atomic mass is 35.5. The Bertz CT molecular complexity index is 569. The van der Waals surface area contributed by atoms with Gasteiger partial charge < -0.3 is 5.73 Å². The number of nitrogen functional groups attached to an aromatic ring is 1. The Labute approximate surface area is 103 Å². The van der Waals surface area contributed by atoms with Crippen LogP contribution < -0.4 is 5.73 Å². The summed E-state index contributed by atoms with van der Waals surface area (Å²) in [5.41, 5.74) is 6.10. The molecule has 2 aromatic carbocycles. The summed E-state index contributed by atoms with van der Waals surface area (Å²) < 4.78 is 13.2. The summed E-state index contributed by atoms with van der Waals surface area (Å²) in [5, 5.41) is 0.0836. The van der Waals surface area contributed by atoms with Crippen molar-refractivity contribution in [1.29, 1.82) is 0 Å². The minimum atomic E-state index is -0.578. The highest BCUT2D eigenvalue weighted by Gasteiger charge is 2.15. The summed E-state index contributed by atoms with van der Waals surface area (Å²) in [6, 6.07) is 10.7.